The zero-order valence-electron chi connectivity index (χ0n) is 12.8. The van der Waals surface area contributed by atoms with E-state index in [-0.39, 0.29) is 24.4 Å². The third-order valence-electron chi connectivity index (χ3n) is 3.06. The summed E-state index contributed by atoms with van der Waals surface area (Å²) < 4.78 is 5.15. The smallest absolute Gasteiger partial charge is 0.227 e. The summed E-state index contributed by atoms with van der Waals surface area (Å²) in [5.74, 6) is 0.878. The Kier molecular flexibility index (Phi) is 8.02. The molecule has 0 saturated heterocycles. The number of hydrogen-bond acceptors (Lipinski definition) is 5. The second-order valence-corrected chi connectivity index (χ2v) is 5.57. The highest BCUT2D eigenvalue weighted by atomic mass is 35.5. The van der Waals surface area contributed by atoms with Crippen LogP contribution < -0.4 is 11.1 Å². The van der Waals surface area contributed by atoms with Crippen molar-refractivity contribution in [1.82, 2.24) is 15.5 Å². The quantitative estimate of drug-likeness (QED) is 0.793. The van der Waals surface area contributed by atoms with Crippen molar-refractivity contribution < 1.29 is 9.32 Å². The fourth-order valence-corrected chi connectivity index (χ4v) is 1.95. The lowest BCUT2D eigenvalue weighted by molar-refractivity contribution is -0.121. The first-order chi connectivity index (χ1) is 10.5. The summed E-state index contributed by atoms with van der Waals surface area (Å²) in [6, 6.07) is 7.24. The minimum Gasteiger partial charge on any atom is -0.356 e. The van der Waals surface area contributed by atoms with Crippen molar-refractivity contribution >= 4 is 29.9 Å². The average molecular weight is 359 g/mol. The number of benzene rings is 1. The maximum atomic E-state index is 11.7. The molecule has 3 N–H and O–H groups in total. The summed E-state index contributed by atoms with van der Waals surface area (Å²) >= 11 is 5.83. The first-order valence-corrected chi connectivity index (χ1v) is 7.53. The van der Waals surface area contributed by atoms with Crippen LogP contribution in [0.15, 0.2) is 28.8 Å². The summed E-state index contributed by atoms with van der Waals surface area (Å²) in [4.78, 5) is 15.9. The van der Waals surface area contributed by atoms with E-state index < -0.39 is 0 Å². The number of nitrogens with zero attached hydrogens (tertiary/aromatic N) is 2. The molecule has 0 fully saturated rings. The number of halogens is 2. The Labute approximate surface area is 146 Å². The van der Waals surface area contributed by atoms with Crippen molar-refractivity contribution in [2.45, 2.75) is 32.2 Å². The lowest BCUT2D eigenvalue weighted by atomic mass is 10.2. The third kappa shape index (κ3) is 6.56. The monoisotopic (exact) mass is 358 g/mol. The highest BCUT2D eigenvalue weighted by Crippen LogP contribution is 2.18. The SMILES string of the molecule is CC(N)CCNC(=O)CCc1nc(-c2ccc(Cl)cc2)no1.Cl. The van der Waals surface area contributed by atoms with Crippen molar-refractivity contribution in [2.75, 3.05) is 6.54 Å². The van der Waals surface area contributed by atoms with Gasteiger partial charge in [0.1, 0.15) is 0 Å². The summed E-state index contributed by atoms with van der Waals surface area (Å²) in [5, 5.41) is 7.36. The minimum absolute atomic E-state index is 0. The molecule has 126 valence electrons. The van der Waals surface area contributed by atoms with E-state index in [4.69, 9.17) is 21.9 Å². The Morgan fingerprint density at radius 2 is 2.09 bits per heavy atom. The van der Waals surface area contributed by atoms with Crippen molar-refractivity contribution in [3.8, 4) is 11.4 Å². The van der Waals surface area contributed by atoms with Crippen molar-refractivity contribution in [3.63, 3.8) is 0 Å². The Bertz CT molecular complexity index is 614. The van der Waals surface area contributed by atoms with E-state index >= 15 is 0 Å². The molecule has 6 nitrogen and oxygen atoms in total. The molecule has 1 atom stereocenters. The molecule has 0 aliphatic heterocycles. The van der Waals surface area contributed by atoms with Crippen LogP contribution in [0.5, 0.6) is 0 Å². The summed E-state index contributed by atoms with van der Waals surface area (Å²) in [6.45, 7) is 2.49. The van der Waals surface area contributed by atoms with Crippen LogP contribution in [0.1, 0.15) is 25.7 Å². The molecule has 8 heteroatoms. The fraction of sp³-hybridized carbons (Fsp3) is 0.400. The van der Waals surface area contributed by atoms with Crippen LogP contribution in [-0.4, -0.2) is 28.6 Å². The van der Waals surface area contributed by atoms with E-state index in [0.29, 0.717) is 36.1 Å². The van der Waals surface area contributed by atoms with Gasteiger partial charge in [0.05, 0.1) is 0 Å². The first-order valence-electron chi connectivity index (χ1n) is 7.15. The molecule has 23 heavy (non-hydrogen) atoms. The van der Waals surface area contributed by atoms with Crippen molar-refractivity contribution in [3.05, 3.63) is 35.2 Å². The lowest BCUT2D eigenvalue weighted by Gasteiger charge is -2.06. The number of aromatic nitrogens is 2. The maximum Gasteiger partial charge on any atom is 0.227 e. The maximum absolute atomic E-state index is 11.7. The van der Waals surface area contributed by atoms with Gasteiger partial charge in [-0.3, -0.25) is 4.79 Å². The number of carbonyl (C=O) groups is 1. The second kappa shape index (κ2) is 9.50. The van der Waals surface area contributed by atoms with Crippen molar-refractivity contribution in [1.29, 1.82) is 0 Å². The Hall–Kier alpha value is -1.63. The van der Waals surface area contributed by atoms with Gasteiger partial charge < -0.3 is 15.6 Å². The molecule has 0 saturated carbocycles. The molecular formula is C15H20Cl2N4O2. The lowest BCUT2D eigenvalue weighted by Crippen LogP contribution is -2.29. The van der Waals surface area contributed by atoms with Gasteiger partial charge in [0.15, 0.2) is 0 Å². The number of amides is 1. The number of nitrogens with two attached hydrogens (primary N) is 1. The molecule has 2 rings (SSSR count). The van der Waals surface area contributed by atoms with E-state index in [1.807, 2.05) is 19.1 Å². The molecule has 0 radical (unpaired) electrons. The van der Waals surface area contributed by atoms with Gasteiger partial charge in [-0.15, -0.1) is 12.4 Å². The molecule has 0 aliphatic rings. The van der Waals surface area contributed by atoms with E-state index in [1.54, 1.807) is 12.1 Å². The molecule has 0 bridgehead atoms. The predicted molar refractivity (Wildman–Crippen MR) is 91.6 cm³/mol. The molecule has 0 aliphatic carbocycles. The molecule has 1 heterocycles. The number of aryl methyl sites for hydroxylation is 1. The summed E-state index contributed by atoms with van der Waals surface area (Å²) in [5.41, 5.74) is 6.44. The minimum atomic E-state index is -0.0492. The topological polar surface area (TPSA) is 94.0 Å². The van der Waals surface area contributed by atoms with Gasteiger partial charge in [0.2, 0.25) is 17.6 Å². The number of carbonyl (C=O) groups excluding carboxylic acids is 1. The van der Waals surface area contributed by atoms with E-state index in [0.717, 1.165) is 12.0 Å². The molecule has 2 aromatic rings. The van der Waals surface area contributed by atoms with Gasteiger partial charge >= 0.3 is 0 Å². The molecule has 1 aromatic heterocycles. The molecule has 1 amide bonds. The standard InChI is InChI=1S/C15H19ClN4O2.ClH/c1-10(17)8-9-18-13(21)6-7-14-19-15(20-22-14)11-2-4-12(16)5-3-11;/h2-5,10H,6-9,17H2,1H3,(H,18,21);1H. The fourth-order valence-electron chi connectivity index (χ4n) is 1.82. The number of nitrogens with one attached hydrogen (secondary N) is 1. The van der Waals surface area contributed by atoms with Crippen LogP contribution >= 0.6 is 24.0 Å². The highest BCUT2D eigenvalue weighted by Gasteiger charge is 2.10. The van der Waals surface area contributed by atoms with Gasteiger partial charge in [0, 0.05) is 36.0 Å². The van der Waals surface area contributed by atoms with Crippen LogP contribution in [0.4, 0.5) is 0 Å². The normalized spacial score (nSPS) is 11.6. The van der Waals surface area contributed by atoms with Gasteiger partial charge in [-0.25, -0.2) is 0 Å². The van der Waals surface area contributed by atoms with Crippen LogP contribution in [0, 0.1) is 0 Å². The third-order valence-corrected chi connectivity index (χ3v) is 3.31. The summed E-state index contributed by atoms with van der Waals surface area (Å²) in [7, 11) is 0. The molecule has 1 unspecified atom stereocenters. The molecule has 1 aromatic carbocycles. The molecular weight excluding hydrogens is 339 g/mol. The van der Waals surface area contributed by atoms with Gasteiger partial charge in [-0.2, -0.15) is 4.98 Å². The highest BCUT2D eigenvalue weighted by molar-refractivity contribution is 6.30. The van der Waals surface area contributed by atoms with Crippen LogP contribution in [-0.2, 0) is 11.2 Å². The van der Waals surface area contributed by atoms with Crippen LogP contribution in [0.3, 0.4) is 0 Å². The first kappa shape index (κ1) is 19.4. The zero-order chi connectivity index (χ0) is 15.9. The second-order valence-electron chi connectivity index (χ2n) is 5.13. The van der Waals surface area contributed by atoms with Gasteiger partial charge in [0.25, 0.3) is 0 Å². The number of hydrogen-bond donors (Lipinski definition) is 2. The summed E-state index contributed by atoms with van der Waals surface area (Å²) in [6.07, 6.45) is 1.47. The average Bonchev–Trinajstić information content (AvgIpc) is 2.94. The molecule has 0 spiro atoms. The Balaban J connectivity index is 0.00000264. The predicted octanol–water partition coefficient (Wildman–Crippen LogP) is 2.60. The van der Waals surface area contributed by atoms with E-state index in [9.17, 15) is 4.79 Å². The van der Waals surface area contributed by atoms with Gasteiger partial charge in [-0.05, 0) is 37.6 Å². The zero-order valence-corrected chi connectivity index (χ0v) is 14.4. The van der Waals surface area contributed by atoms with Gasteiger partial charge in [-0.1, -0.05) is 16.8 Å². The Morgan fingerprint density at radius 1 is 1.39 bits per heavy atom. The van der Waals surface area contributed by atoms with E-state index in [1.165, 1.54) is 0 Å². The van der Waals surface area contributed by atoms with Crippen LogP contribution in [0.2, 0.25) is 5.02 Å². The Morgan fingerprint density at radius 3 is 2.74 bits per heavy atom. The van der Waals surface area contributed by atoms with Crippen molar-refractivity contribution in [2.24, 2.45) is 5.73 Å². The largest absolute Gasteiger partial charge is 0.356 e. The van der Waals surface area contributed by atoms with Crippen LogP contribution in [0.25, 0.3) is 11.4 Å². The van der Waals surface area contributed by atoms with E-state index in [2.05, 4.69) is 15.5 Å². The number of rotatable bonds is 7.